The predicted octanol–water partition coefficient (Wildman–Crippen LogP) is 2.52. The van der Waals surface area contributed by atoms with Gasteiger partial charge < -0.3 is 15.3 Å². The molecule has 2 aliphatic carbocycles. The van der Waals surface area contributed by atoms with Gasteiger partial charge in [0.2, 0.25) is 0 Å². The fraction of sp³-hybridized carbons (Fsp3) is 0.737. The molecule has 0 aromatic heterocycles. The van der Waals surface area contributed by atoms with Gasteiger partial charge in [-0.2, -0.15) is 0 Å². The van der Waals surface area contributed by atoms with E-state index < -0.39 is 23.2 Å². The molecule has 4 nitrogen and oxygen atoms in total. The summed E-state index contributed by atoms with van der Waals surface area (Å²) in [6, 6.07) is 0. The Morgan fingerprint density at radius 3 is 2.52 bits per heavy atom. The maximum absolute atomic E-state index is 12.8. The molecule has 0 saturated heterocycles. The van der Waals surface area contributed by atoms with Crippen molar-refractivity contribution in [2.45, 2.75) is 77.1 Å². The van der Waals surface area contributed by atoms with E-state index in [0.29, 0.717) is 12.8 Å². The van der Waals surface area contributed by atoms with Crippen molar-refractivity contribution in [3.8, 4) is 0 Å². The summed E-state index contributed by atoms with van der Waals surface area (Å²) in [6.07, 6.45) is 3.32. The van der Waals surface area contributed by atoms with Crippen LogP contribution in [0.3, 0.4) is 0 Å². The minimum Gasteiger partial charge on any atom is -0.390 e. The zero-order valence-electron chi connectivity index (χ0n) is 14.5. The number of allylic oxidation sites excluding steroid dienone is 1. The highest BCUT2D eigenvalue weighted by atomic mass is 16.4. The number of aliphatic hydroxyl groups excluding tert-OH is 2. The summed E-state index contributed by atoms with van der Waals surface area (Å²) in [7, 11) is 0. The lowest BCUT2D eigenvalue weighted by Crippen LogP contribution is -2.64. The van der Waals surface area contributed by atoms with Gasteiger partial charge >= 0.3 is 0 Å². The number of ketones is 1. The smallest absolute Gasteiger partial charge is 0.171 e. The first-order valence-electron chi connectivity index (χ1n) is 8.54. The summed E-state index contributed by atoms with van der Waals surface area (Å²) >= 11 is 0. The van der Waals surface area contributed by atoms with Crippen molar-refractivity contribution in [2.75, 3.05) is 0 Å². The predicted molar refractivity (Wildman–Crippen MR) is 89.8 cm³/mol. The van der Waals surface area contributed by atoms with E-state index in [-0.39, 0.29) is 18.1 Å². The molecule has 0 aliphatic heterocycles. The molecule has 2 aliphatic rings. The Bertz CT molecular complexity index is 519. The second kappa shape index (κ2) is 6.50. The molecule has 4 atom stereocenters. The minimum absolute atomic E-state index is 0.0489. The molecule has 130 valence electrons. The van der Waals surface area contributed by atoms with Gasteiger partial charge in [-0.1, -0.05) is 37.6 Å². The van der Waals surface area contributed by atoms with Crippen molar-refractivity contribution in [3.63, 3.8) is 0 Å². The van der Waals surface area contributed by atoms with Crippen LogP contribution in [0.25, 0.3) is 0 Å². The zero-order valence-corrected chi connectivity index (χ0v) is 14.5. The fourth-order valence-corrected chi connectivity index (χ4v) is 4.33. The third-order valence-corrected chi connectivity index (χ3v) is 5.96. The lowest BCUT2D eigenvalue weighted by atomic mass is 9.55. The van der Waals surface area contributed by atoms with Gasteiger partial charge in [0, 0.05) is 11.8 Å². The van der Waals surface area contributed by atoms with E-state index in [1.165, 1.54) is 0 Å². The van der Waals surface area contributed by atoms with Crippen LogP contribution in [0, 0.1) is 11.3 Å². The van der Waals surface area contributed by atoms with Crippen LogP contribution in [0.15, 0.2) is 23.8 Å². The third kappa shape index (κ3) is 3.30. The molecule has 0 spiro atoms. The second-order valence-electron chi connectivity index (χ2n) is 7.95. The quantitative estimate of drug-likeness (QED) is 0.599. The molecule has 2 rings (SSSR count). The maximum Gasteiger partial charge on any atom is 0.171 e. The van der Waals surface area contributed by atoms with E-state index in [1.807, 2.05) is 13.8 Å². The average molecular weight is 322 g/mol. The van der Waals surface area contributed by atoms with E-state index >= 15 is 0 Å². The molecule has 0 heterocycles. The van der Waals surface area contributed by atoms with Gasteiger partial charge in [-0.25, -0.2) is 0 Å². The number of carbonyl (C=O) groups excluding carboxylic acids is 1. The molecule has 0 aromatic rings. The van der Waals surface area contributed by atoms with Gasteiger partial charge in [-0.3, -0.25) is 4.79 Å². The summed E-state index contributed by atoms with van der Waals surface area (Å²) in [5.74, 6) is -0.211. The molecule has 3 N–H and O–H groups in total. The fourth-order valence-electron chi connectivity index (χ4n) is 4.33. The molecular weight excluding hydrogens is 292 g/mol. The van der Waals surface area contributed by atoms with Crippen LogP contribution >= 0.6 is 0 Å². The van der Waals surface area contributed by atoms with Gasteiger partial charge in [0.1, 0.15) is 0 Å². The Morgan fingerprint density at radius 1 is 1.22 bits per heavy atom. The number of aliphatic hydroxyl groups is 3. The lowest BCUT2D eigenvalue weighted by molar-refractivity contribution is -0.198. The highest BCUT2D eigenvalue weighted by Crippen LogP contribution is 2.51. The number of hydrogen-bond acceptors (Lipinski definition) is 4. The van der Waals surface area contributed by atoms with Crippen molar-refractivity contribution in [1.29, 1.82) is 0 Å². The molecule has 0 amide bonds. The Hall–Kier alpha value is -0.970. The first-order chi connectivity index (χ1) is 10.6. The molecule has 0 aromatic carbocycles. The molecule has 1 saturated carbocycles. The van der Waals surface area contributed by atoms with E-state index in [9.17, 15) is 20.1 Å². The Morgan fingerprint density at radius 2 is 1.87 bits per heavy atom. The Kier molecular flexibility index (Phi) is 5.19. The summed E-state index contributed by atoms with van der Waals surface area (Å²) in [5.41, 5.74) is -0.732. The van der Waals surface area contributed by atoms with Gasteiger partial charge in [0.25, 0.3) is 0 Å². The van der Waals surface area contributed by atoms with Crippen LogP contribution in [0.5, 0.6) is 0 Å². The first-order valence-corrected chi connectivity index (χ1v) is 8.54. The Balaban J connectivity index is 2.44. The minimum atomic E-state index is -1.74. The summed E-state index contributed by atoms with van der Waals surface area (Å²) in [6.45, 7) is 9.61. The third-order valence-electron chi connectivity index (χ3n) is 5.96. The molecule has 2 bridgehead atoms. The maximum atomic E-state index is 12.8. The van der Waals surface area contributed by atoms with Crippen molar-refractivity contribution in [2.24, 2.45) is 11.3 Å². The average Bonchev–Trinajstić information content (AvgIpc) is 2.42. The van der Waals surface area contributed by atoms with Gasteiger partial charge in [0.05, 0.1) is 12.2 Å². The van der Waals surface area contributed by atoms with E-state index in [4.69, 9.17) is 0 Å². The molecular formula is C19H30O4. The van der Waals surface area contributed by atoms with E-state index in [2.05, 4.69) is 6.58 Å². The van der Waals surface area contributed by atoms with Crippen molar-refractivity contribution >= 4 is 5.78 Å². The largest absolute Gasteiger partial charge is 0.390 e. The normalized spacial score (nSPS) is 39.2. The SMILES string of the molecule is C=C1CC[C@@H]2CC[C@H](O)[C@@](O)(C(=O)CC(C)=C[C@@H](O)C1)C2(C)C. The number of hydrogen-bond donors (Lipinski definition) is 3. The van der Waals surface area contributed by atoms with Crippen LogP contribution in [0.1, 0.15) is 59.3 Å². The summed E-state index contributed by atoms with van der Waals surface area (Å²) < 4.78 is 0. The molecule has 4 heteroatoms. The zero-order chi connectivity index (χ0) is 17.4. The van der Waals surface area contributed by atoms with Gasteiger partial charge in [-0.05, 0) is 44.9 Å². The molecule has 1 fully saturated rings. The summed E-state index contributed by atoms with van der Waals surface area (Å²) in [5, 5.41) is 31.7. The molecule has 23 heavy (non-hydrogen) atoms. The van der Waals surface area contributed by atoms with Crippen LogP contribution in [-0.2, 0) is 4.79 Å². The standard InChI is InChI=1S/C19H30O4/c1-12-5-6-14-7-8-16(21)19(23,18(14,3)4)17(22)11-13(2)10-15(20)9-12/h10,14-16,20-21,23H,1,5-9,11H2,2-4H3/t14-,15+,16+,19-/m1/s1. The van der Waals surface area contributed by atoms with Crippen molar-refractivity contribution in [1.82, 2.24) is 0 Å². The molecule has 0 unspecified atom stereocenters. The first kappa shape index (κ1) is 18.4. The topological polar surface area (TPSA) is 77.8 Å². The molecule has 0 radical (unpaired) electrons. The van der Waals surface area contributed by atoms with Crippen molar-refractivity contribution in [3.05, 3.63) is 23.8 Å². The monoisotopic (exact) mass is 322 g/mol. The number of carbonyl (C=O) groups is 1. The highest BCUT2D eigenvalue weighted by molar-refractivity contribution is 5.90. The summed E-state index contributed by atoms with van der Waals surface area (Å²) in [4.78, 5) is 12.8. The van der Waals surface area contributed by atoms with Crippen LogP contribution < -0.4 is 0 Å². The van der Waals surface area contributed by atoms with Gasteiger partial charge in [-0.15, -0.1) is 0 Å². The number of rotatable bonds is 0. The Labute approximate surface area is 138 Å². The van der Waals surface area contributed by atoms with E-state index in [0.717, 1.165) is 30.4 Å². The van der Waals surface area contributed by atoms with E-state index in [1.54, 1.807) is 13.0 Å². The van der Waals surface area contributed by atoms with Crippen LogP contribution in [0.4, 0.5) is 0 Å². The van der Waals surface area contributed by atoms with Crippen LogP contribution in [0.2, 0.25) is 0 Å². The van der Waals surface area contributed by atoms with Gasteiger partial charge in [0.15, 0.2) is 11.4 Å². The number of Topliss-reactive ketones (excluding diaryl/α,β-unsaturated/α-hetero) is 1. The number of fused-ring (bicyclic) bond motifs is 2. The highest BCUT2D eigenvalue weighted by Gasteiger charge is 2.59. The lowest BCUT2D eigenvalue weighted by Gasteiger charge is -2.53. The van der Waals surface area contributed by atoms with Crippen molar-refractivity contribution < 1.29 is 20.1 Å². The second-order valence-corrected chi connectivity index (χ2v) is 7.95. The van der Waals surface area contributed by atoms with Crippen LogP contribution in [-0.4, -0.2) is 38.9 Å².